The van der Waals surface area contributed by atoms with E-state index in [1.165, 1.54) is 11.3 Å². The summed E-state index contributed by atoms with van der Waals surface area (Å²) in [5, 5.41) is 5.70. The van der Waals surface area contributed by atoms with Gasteiger partial charge in [-0.1, -0.05) is 29.8 Å². The Morgan fingerprint density at radius 2 is 2.18 bits per heavy atom. The molecule has 2 aromatic rings. The summed E-state index contributed by atoms with van der Waals surface area (Å²) in [4.78, 5) is 27.2. The molecule has 1 aromatic carbocycles. The van der Waals surface area contributed by atoms with Gasteiger partial charge in [-0.05, 0) is 24.0 Å². The largest absolute Gasteiger partial charge is 0.369 e. The van der Waals surface area contributed by atoms with Gasteiger partial charge < -0.3 is 11.1 Å². The predicted molar refractivity (Wildman–Crippen MR) is 85.9 cm³/mol. The topological polar surface area (TPSA) is 85.1 Å². The summed E-state index contributed by atoms with van der Waals surface area (Å²) in [6.07, 6.45) is 0.868. The van der Waals surface area contributed by atoms with Gasteiger partial charge in [0.15, 0.2) is 5.13 Å². The molecule has 114 valence electrons. The summed E-state index contributed by atoms with van der Waals surface area (Å²) >= 11 is 7.44. The molecule has 2 amide bonds. The molecule has 0 radical (unpaired) electrons. The van der Waals surface area contributed by atoms with Gasteiger partial charge in [0.2, 0.25) is 11.8 Å². The average Bonchev–Trinajstić information content (AvgIpc) is 3.14. The number of hydrogen-bond donors (Lipinski definition) is 2. The maximum atomic E-state index is 12.2. The Morgan fingerprint density at radius 3 is 2.91 bits per heavy atom. The van der Waals surface area contributed by atoms with Crippen LogP contribution in [0, 0.1) is 5.92 Å². The fourth-order valence-electron chi connectivity index (χ4n) is 2.43. The molecule has 1 saturated carbocycles. The minimum Gasteiger partial charge on any atom is -0.369 e. The number of nitrogens with two attached hydrogens (primary N) is 1. The van der Waals surface area contributed by atoms with Crippen molar-refractivity contribution < 1.29 is 9.59 Å². The second-order valence-corrected chi connectivity index (χ2v) is 6.51. The maximum absolute atomic E-state index is 12.2. The van der Waals surface area contributed by atoms with Crippen molar-refractivity contribution >= 4 is 39.9 Å². The summed E-state index contributed by atoms with van der Waals surface area (Å²) in [6, 6.07) is 7.58. The zero-order valence-electron chi connectivity index (χ0n) is 11.6. The summed E-state index contributed by atoms with van der Waals surface area (Å²) in [6.45, 7) is 0. The highest BCUT2D eigenvalue weighted by Gasteiger charge is 2.45. The molecule has 1 fully saturated rings. The molecule has 1 aromatic heterocycles. The van der Waals surface area contributed by atoms with Gasteiger partial charge in [0, 0.05) is 16.3 Å². The number of rotatable bonds is 5. The molecule has 5 nitrogen and oxygen atoms in total. The second-order valence-electron chi connectivity index (χ2n) is 5.25. The zero-order valence-corrected chi connectivity index (χ0v) is 13.2. The Kier molecular flexibility index (Phi) is 4.13. The molecular formula is C15H14ClN3O2S. The summed E-state index contributed by atoms with van der Waals surface area (Å²) in [5.41, 5.74) is 6.70. The van der Waals surface area contributed by atoms with Gasteiger partial charge in [-0.25, -0.2) is 4.98 Å². The van der Waals surface area contributed by atoms with Crippen LogP contribution in [0.5, 0.6) is 0 Å². The van der Waals surface area contributed by atoms with E-state index in [1.54, 1.807) is 5.38 Å². The molecule has 3 N–H and O–H groups in total. The molecule has 2 atom stereocenters. The number of hydrogen-bond acceptors (Lipinski definition) is 4. The number of primary amides is 1. The first kappa shape index (κ1) is 15.0. The SMILES string of the molecule is NC(=O)Cc1csc(NC(=O)C2CC2c2ccccc2Cl)n1. The smallest absolute Gasteiger partial charge is 0.229 e. The zero-order chi connectivity index (χ0) is 15.7. The minimum atomic E-state index is -0.441. The number of carbonyl (C=O) groups is 2. The maximum Gasteiger partial charge on any atom is 0.229 e. The molecule has 22 heavy (non-hydrogen) atoms. The highest BCUT2D eigenvalue weighted by atomic mass is 35.5. The van der Waals surface area contributed by atoms with E-state index in [2.05, 4.69) is 10.3 Å². The molecule has 0 bridgehead atoms. The van der Waals surface area contributed by atoms with Gasteiger partial charge in [-0.2, -0.15) is 0 Å². The second kappa shape index (κ2) is 6.06. The van der Waals surface area contributed by atoms with E-state index in [0.717, 1.165) is 12.0 Å². The first-order chi connectivity index (χ1) is 10.5. The van der Waals surface area contributed by atoms with E-state index in [4.69, 9.17) is 17.3 Å². The Labute approximate surface area is 136 Å². The summed E-state index contributed by atoms with van der Waals surface area (Å²) in [5.74, 6) is -0.420. The van der Waals surface area contributed by atoms with Crippen molar-refractivity contribution in [1.82, 2.24) is 4.98 Å². The van der Waals surface area contributed by atoms with Crippen molar-refractivity contribution in [3.63, 3.8) is 0 Å². The lowest BCUT2D eigenvalue weighted by Crippen LogP contribution is -2.15. The van der Waals surface area contributed by atoms with Crippen LogP contribution in [0.1, 0.15) is 23.6 Å². The van der Waals surface area contributed by atoms with Crippen LogP contribution in [0.25, 0.3) is 0 Å². The number of anilines is 1. The first-order valence-electron chi connectivity index (χ1n) is 6.82. The van der Waals surface area contributed by atoms with Gasteiger partial charge in [0.05, 0.1) is 12.1 Å². The number of nitrogens with one attached hydrogen (secondary N) is 1. The van der Waals surface area contributed by atoms with E-state index in [-0.39, 0.29) is 24.2 Å². The number of thiazole rings is 1. The average molecular weight is 336 g/mol. The molecule has 0 saturated heterocycles. The number of halogens is 1. The van der Waals surface area contributed by atoms with Crippen LogP contribution in [-0.2, 0) is 16.0 Å². The lowest BCUT2D eigenvalue weighted by molar-refractivity contribution is -0.118. The van der Waals surface area contributed by atoms with Gasteiger partial charge >= 0.3 is 0 Å². The van der Waals surface area contributed by atoms with Crippen molar-refractivity contribution in [2.24, 2.45) is 11.7 Å². The highest BCUT2D eigenvalue weighted by molar-refractivity contribution is 7.13. The van der Waals surface area contributed by atoms with Crippen LogP contribution in [-0.4, -0.2) is 16.8 Å². The Hall–Kier alpha value is -1.92. The molecule has 0 spiro atoms. The third-order valence-corrected chi connectivity index (χ3v) is 4.72. The third kappa shape index (κ3) is 3.28. The van der Waals surface area contributed by atoms with Crippen LogP contribution >= 0.6 is 22.9 Å². The predicted octanol–water partition coefficient (Wildman–Crippen LogP) is 2.57. The molecule has 1 heterocycles. The monoisotopic (exact) mass is 335 g/mol. The molecule has 2 unspecified atom stereocenters. The van der Waals surface area contributed by atoms with Gasteiger partial charge in [0.25, 0.3) is 0 Å². The number of aromatic nitrogens is 1. The number of nitrogens with zero attached hydrogens (tertiary/aromatic N) is 1. The Balaban J connectivity index is 1.61. The van der Waals surface area contributed by atoms with Crippen molar-refractivity contribution in [2.45, 2.75) is 18.8 Å². The first-order valence-corrected chi connectivity index (χ1v) is 8.08. The van der Waals surface area contributed by atoms with E-state index in [9.17, 15) is 9.59 Å². The summed E-state index contributed by atoms with van der Waals surface area (Å²) < 4.78 is 0. The molecule has 0 aliphatic heterocycles. The van der Waals surface area contributed by atoms with E-state index < -0.39 is 5.91 Å². The molecule has 7 heteroatoms. The fraction of sp³-hybridized carbons (Fsp3) is 0.267. The van der Waals surface area contributed by atoms with Crippen molar-refractivity contribution in [3.05, 3.63) is 45.9 Å². The lowest BCUT2D eigenvalue weighted by atomic mass is 10.1. The van der Waals surface area contributed by atoms with Crippen LogP contribution in [0.2, 0.25) is 5.02 Å². The van der Waals surface area contributed by atoms with Gasteiger partial charge in [-0.15, -0.1) is 11.3 Å². The number of benzene rings is 1. The molecule has 1 aliphatic carbocycles. The number of amides is 2. The van der Waals surface area contributed by atoms with Crippen molar-refractivity contribution in [1.29, 1.82) is 0 Å². The Bertz CT molecular complexity index is 731. The lowest BCUT2D eigenvalue weighted by Gasteiger charge is -2.03. The van der Waals surface area contributed by atoms with Crippen molar-refractivity contribution in [2.75, 3.05) is 5.32 Å². The fourth-order valence-corrected chi connectivity index (χ4v) is 3.42. The quantitative estimate of drug-likeness (QED) is 0.880. The normalized spacial score (nSPS) is 19.7. The van der Waals surface area contributed by atoms with E-state index >= 15 is 0 Å². The minimum absolute atomic E-state index is 0.0649. The molecule has 1 aliphatic rings. The van der Waals surface area contributed by atoms with Gasteiger partial charge in [-0.3, -0.25) is 9.59 Å². The summed E-state index contributed by atoms with van der Waals surface area (Å²) in [7, 11) is 0. The molecule has 3 rings (SSSR count). The Morgan fingerprint density at radius 1 is 1.41 bits per heavy atom. The van der Waals surface area contributed by atoms with Crippen LogP contribution < -0.4 is 11.1 Å². The van der Waals surface area contributed by atoms with Crippen molar-refractivity contribution in [3.8, 4) is 0 Å². The van der Waals surface area contributed by atoms with Crippen LogP contribution in [0.15, 0.2) is 29.6 Å². The van der Waals surface area contributed by atoms with Gasteiger partial charge in [0.1, 0.15) is 0 Å². The number of carbonyl (C=O) groups excluding carboxylic acids is 2. The molecular weight excluding hydrogens is 322 g/mol. The van der Waals surface area contributed by atoms with E-state index in [1.807, 2.05) is 24.3 Å². The van der Waals surface area contributed by atoms with E-state index in [0.29, 0.717) is 15.8 Å². The third-order valence-electron chi connectivity index (χ3n) is 3.57. The highest BCUT2D eigenvalue weighted by Crippen LogP contribution is 2.50. The standard InChI is InChI=1S/C15H14ClN3O2S/c16-12-4-2-1-3-9(12)10-6-11(10)14(21)19-15-18-8(7-22-15)5-13(17)20/h1-4,7,10-11H,5-6H2,(H2,17,20)(H,18,19,21). The van der Waals surface area contributed by atoms with Crippen LogP contribution in [0.4, 0.5) is 5.13 Å². The van der Waals surface area contributed by atoms with Crippen LogP contribution in [0.3, 0.4) is 0 Å².